The number of rotatable bonds is 5. The summed E-state index contributed by atoms with van der Waals surface area (Å²) in [6, 6.07) is 12.4. The summed E-state index contributed by atoms with van der Waals surface area (Å²) in [6.45, 7) is 6.91. The van der Waals surface area contributed by atoms with Crippen LogP contribution in [0.5, 0.6) is 0 Å². The van der Waals surface area contributed by atoms with Crippen molar-refractivity contribution in [3.63, 3.8) is 0 Å². The van der Waals surface area contributed by atoms with Crippen LogP contribution in [0.2, 0.25) is 0 Å². The standard InChI is InChI=1S/C22H28N4O2/c1-15-6-8-19(9-7-15)25-20-11-16(2)24-21(12-20)18-5-4-10-26(14-18)22(28)13-23-17(3)27/h6-9,11-12,18H,4-5,10,13-14H2,1-3H3,(H,23,27)(H,24,25). The Labute approximate surface area is 166 Å². The zero-order valence-electron chi connectivity index (χ0n) is 16.8. The smallest absolute Gasteiger partial charge is 0.241 e. The number of aryl methyl sites for hydroxylation is 2. The number of nitrogens with one attached hydrogen (secondary N) is 2. The van der Waals surface area contributed by atoms with Crippen molar-refractivity contribution in [3.05, 3.63) is 53.3 Å². The van der Waals surface area contributed by atoms with E-state index in [2.05, 4.69) is 47.9 Å². The number of nitrogens with zero attached hydrogens (tertiary/aromatic N) is 2. The third-order valence-electron chi connectivity index (χ3n) is 4.99. The van der Waals surface area contributed by atoms with Gasteiger partial charge in [-0.25, -0.2) is 0 Å². The van der Waals surface area contributed by atoms with Gasteiger partial charge in [-0.1, -0.05) is 17.7 Å². The Morgan fingerprint density at radius 1 is 1.14 bits per heavy atom. The molecule has 148 valence electrons. The van der Waals surface area contributed by atoms with Crippen LogP contribution in [-0.2, 0) is 9.59 Å². The third-order valence-corrected chi connectivity index (χ3v) is 4.99. The molecule has 6 nitrogen and oxygen atoms in total. The summed E-state index contributed by atoms with van der Waals surface area (Å²) in [6.07, 6.45) is 1.94. The largest absolute Gasteiger partial charge is 0.355 e. The highest BCUT2D eigenvalue weighted by Gasteiger charge is 2.26. The first-order valence-corrected chi connectivity index (χ1v) is 9.75. The SMILES string of the molecule is CC(=O)NCC(=O)N1CCCC(c2cc(Nc3ccc(C)cc3)cc(C)n2)C1. The van der Waals surface area contributed by atoms with Gasteiger partial charge in [-0.05, 0) is 51.0 Å². The Morgan fingerprint density at radius 3 is 2.61 bits per heavy atom. The number of carbonyl (C=O) groups is 2. The molecule has 2 aromatic rings. The van der Waals surface area contributed by atoms with E-state index in [4.69, 9.17) is 4.98 Å². The second-order valence-electron chi connectivity index (χ2n) is 7.50. The number of anilines is 2. The molecular weight excluding hydrogens is 352 g/mol. The Balaban J connectivity index is 1.71. The molecular formula is C22H28N4O2. The van der Waals surface area contributed by atoms with Gasteiger partial charge in [0.25, 0.3) is 0 Å². The first-order chi connectivity index (χ1) is 13.4. The molecule has 0 spiro atoms. The highest BCUT2D eigenvalue weighted by atomic mass is 16.2. The summed E-state index contributed by atoms with van der Waals surface area (Å²) < 4.78 is 0. The van der Waals surface area contributed by atoms with E-state index in [9.17, 15) is 9.59 Å². The molecule has 1 saturated heterocycles. The quantitative estimate of drug-likeness (QED) is 0.835. The topological polar surface area (TPSA) is 74.3 Å². The Morgan fingerprint density at radius 2 is 1.89 bits per heavy atom. The van der Waals surface area contributed by atoms with Crippen LogP contribution in [0.1, 0.15) is 42.6 Å². The average molecular weight is 380 g/mol. The van der Waals surface area contributed by atoms with Gasteiger partial charge in [0, 0.05) is 48.7 Å². The molecule has 3 rings (SSSR count). The van der Waals surface area contributed by atoms with Crippen LogP contribution in [0.3, 0.4) is 0 Å². The zero-order chi connectivity index (χ0) is 20.1. The number of piperidine rings is 1. The van der Waals surface area contributed by atoms with Gasteiger partial charge in [0.15, 0.2) is 0 Å². The molecule has 2 heterocycles. The van der Waals surface area contributed by atoms with Gasteiger partial charge < -0.3 is 15.5 Å². The van der Waals surface area contributed by atoms with Crippen molar-refractivity contribution < 1.29 is 9.59 Å². The maximum atomic E-state index is 12.4. The Bertz CT molecular complexity index is 848. The first-order valence-electron chi connectivity index (χ1n) is 9.75. The van der Waals surface area contributed by atoms with E-state index in [1.165, 1.54) is 12.5 Å². The minimum atomic E-state index is -0.186. The molecule has 0 radical (unpaired) electrons. The van der Waals surface area contributed by atoms with Crippen molar-refractivity contribution in [2.75, 3.05) is 25.0 Å². The van der Waals surface area contributed by atoms with Crippen molar-refractivity contribution in [3.8, 4) is 0 Å². The molecule has 0 aliphatic carbocycles. The summed E-state index contributed by atoms with van der Waals surface area (Å²) >= 11 is 0. The zero-order valence-corrected chi connectivity index (χ0v) is 16.8. The summed E-state index contributed by atoms with van der Waals surface area (Å²) in [7, 11) is 0. The van der Waals surface area contributed by atoms with E-state index in [0.29, 0.717) is 6.54 Å². The van der Waals surface area contributed by atoms with Gasteiger partial charge in [0.05, 0.1) is 6.54 Å². The molecule has 1 aliphatic heterocycles. The Hall–Kier alpha value is -2.89. The van der Waals surface area contributed by atoms with Crippen LogP contribution in [0.4, 0.5) is 11.4 Å². The minimum Gasteiger partial charge on any atom is -0.355 e. The maximum absolute atomic E-state index is 12.4. The van der Waals surface area contributed by atoms with Crippen LogP contribution in [0.15, 0.2) is 36.4 Å². The number of hydrogen-bond donors (Lipinski definition) is 2. The molecule has 6 heteroatoms. The number of hydrogen-bond acceptors (Lipinski definition) is 4. The molecule has 1 atom stereocenters. The molecule has 28 heavy (non-hydrogen) atoms. The van der Waals surface area contributed by atoms with Crippen LogP contribution in [0.25, 0.3) is 0 Å². The summed E-state index contributed by atoms with van der Waals surface area (Å²) in [5.74, 6) is -0.0202. The fourth-order valence-electron chi connectivity index (χ4n) is 3.54. The van der Waals surface area contributed by atoms with Crippen molar-refractivity contribution >= 4 is 23.2 Å². The van der Waals surface area contributed by atoms with E-state index in [0.717, 1.165) is 42.1 Å². The van der Waals surface area contributed by atoms with E-state index in [1.807, 2.05) is 17.9 Å². The number of benzene rings is 1. The van der Waals surface area contributed by atoms with Crippen molar-refractivity contribution in [2.24, 2.45) is 0 Å². The number of amides is 2. The van der Waals surface area contributed by atoms with Gasteiger partial charge in [0.2, 0.25) is 11.8 Å². The van der Waals surface area contributed by atoms with Crippen LogP contribution < -0.4 is 10.6 Å². The monoisotopic (exact) mass is 380 g/mol. The Kier molecular flexibility index (Phi) is 6.29. The maximum Gasteiger partial charge on any atom is 0.241 e. The normalized spacial score (nSPS) is 16.5. The lowest BCUT2D eigenvalue weighted by Crippen LogP contribution is -2.44. The molecule has 1 unspecified atom stereocenters. The van der Waals surface area contributed by atoms with E-state index >= 15 is 0 Å². The second-order valence-corrected chi connectivity index (χ2v) is 7.50. The fraction of sp³-hybridized carbons (Fsp3) is 0.409. The van der Waals surface area contributed by atoms with E-state index in [-0.39, 0.29) is 24.3 Å². The van der Waals surface area contributed by atoms with Gasteiger partial charge in [-0.15, -0.1) is 0 Å². The van der Waals surface area contributed by atoms with Gasteiger partial charge in [-0.3, -0.25) is 14.6 Å². The van der Waals surface area contributed by atoms with E-state index in [1.54, 1.807) is 0 Å². The van der Waals surface area contributed by atoms with Gasteiger partial charge in [0.1, 0.15) is 0 Å². The van der Waals surface area contributed by atoms with Crippen LogP contribution >= 0.6 is 0 Å². The molecule has 1 aliphatic rings. The minimum absolute atomic E-state index is 0.0365. The number of likely N-dealkylation sites (tertiary alicyclic amines) is 1. The third kappa shape index (κ3) is 5.31. The highest BCUT2D eigenvalue weighted by molar-refractivity contribution is 5.83. The number of aromatic nitrogens is 1. The lowest BCUT2D eigenvalue weighted by atomic mass is 9.93. The lowest BCUT2D eigenvalue weighted by Gasteiger charge is -2.33. The predicted octanol–water partition coefficient (Wildman–Crippen LogP) is 3.28. The van der Waals surface area contributed by atoms with E-state index < -0.39 is 0 Å². The summed E-state index contributed by atoms with van der Waals surface area (Å²) in [5.41, 5.74) is 5.23. The van der Waals surface area contributed by atoms with Crippen molar-refractivity contribution in [2.45, 2.75) is 39.5 Å². The molecule has 1 fully saturated rings. The summed E-state index contributed by atoms with van der Waals surface area (Å²) in [5, 5.41) is 6.04. The highest BCUT2D eigenvalue weighted by Crippen LogP contribution is 2.29. The average Bonchev–Trinajstić information content (AvgIpc) is 2.67. The van der Waals surface area contributed by atoms with Gasteiger partial charge >= 0.3 is 0 Å². The van der Waals surface area contributed by atoms with Crippen LogP contribution in [-0.4, -0.2) is 41.3 Å². The predicted molar refractivity (Wildman–Crippen MR) is 111 cm³/mol. The molecule has 1 aromatic carbocycles. The lowest BCUT2D eigenvalue weighted by molar-refractivity contribution is -0.133. The first kappa shape index (κ1) is 19.9. The van der Waals surface area contributed by atoms with Crippen LogP contribution in [0, 0.1) is 13.8 Å². The van der Waals surface area contributed by atoms with Crippen molar-refractivity contribution in [1.29, 1.82) is 0 Å². The number of carbonyl (C=O) groups excluding carboxylic acids is 2. The number of pyridine rings is 1. The van der Waals surface area contributed by atoms with Crippen molar-refractivity contribution in [1.82, 2.24) is 15.2 Å². The molecule has 1 aromatic heterocycles. The van der Waals surface area contributed by atoms with Gasteiger partial charge in [-0.2, -0.15) is 0 Å². The molecule has 2 N–H and O–H groups in total. The molecule has 0 saturated carbocycles. The summed E-state index contributed by atoms with van der Waals surface area (Å²) in [4.78, 5) is 30.0. The fourth-order valence-corrected chi connectivity index (χ4v) is 3.54. The second kappa shape index (κ2) is 8.87. The molecule has 0 bridgehead atoms. The molecule has 2 amide bonds.